The van der Waals surface area contributed by atoms with Crippen LogP contribution in [0.5, 0.6) is 0 Å². The van der Waals surface area contributed by atoms with Crippen molar-refractivity contribution >= 4 is 16.8 Å². The maximum absolute atomic E-state index is 12.5. The number of para-hydroxylation sites is 1. The molecule has 138 valence electrons. The van der Waals surface area contributed by atoms with Crippen LogP contribution in [-0.2, 0) is 24.2 Å². The van der Waals surface area contributed by atoms with E-state index in [1.54, 1.807) is 24.3 Å². The monoisotopic (exact) mass is 365 g/mol. The van der Waals surface area contributed by atoms with Crippen molar-refractivity contribution in [2.45, 2.75) is 38.3 Å². The Bertz CT molecular complexity index is 1120. The Morgan fingerprint density at radius 1 is 1.30 bits per heavy atom. The summed E-state index contributed by atoms with van der Waals surface area (Å²) >= 11 is 0. The number of carbonyl (C=O) groups excluding carboxylic acids is 1. The Labute approximate surface area is 154 Å². The molecule has 1 amide bonds. The van der Waals surface area contributed by atoms with Crippen LogP contribution < -0.4 is 16.4 Å². The van der Waals surface area contributed by atoms with E-state index in [0.29, 0.717) is 23.7 Å². The highest BCUT2D eigenvalue weighted by molar-refractivity contribution is 5.77. The zero-order chi connectivity index (χ0) is 18.8. The Balaban J connectivity index is 1.39. The molecule has 4 rings (SSSR count). The number of amides is 1. The van der Waals surface area contributed by atoms with Gasteiger partial charge in [-0.1, -0.05) is 12.1 Å². The third-order valence-corrected chi connectivity index (χ3v) is 4.85. The summed E-state index contributed by atoms with van der Waals surface area (Å²) in [6, 6.07) is 8.66. The van der Waals surface area contributed by atoms with E-state index in [4.69, 9.17) is 0 Å². The van der Waals surface area contributed by atoms with Crippen molar-refractivity contribution in [1.82, 2.24) is 25.1 Å². The normalized spacial score (nSPS) is 16.1. The molecule has 0 spiro atoms. The van der Waals surface area contributed by atoms with Gasteiger partial charge in [-0.3, -0.25) is 19.0 Å². The average molecular weight is 365 g/mol. The third kappa shape index (κ3) is 3.64. The molecule has 1 aromatic carbocycles. The fourth-order valence-corrected chi connectivity index (χ4v) is 3.45. The summed E-state index contributed by atoms with van der Waals surface area (Å²) in [5, 5.41) is 10.0. The molecule has 3 aromatic rings. The zero-order valence-electron chi connectivity index (χ0n) is 14.6. The molecule has 27 heavy (non-hydrogen) atoms. The smallest absolute Gasteiger partial charge is 0.264 e. The minimum atomic E-state index is -0.232. The number of fused-ring (bicyclic) bond motifs is 2. The SMILES string of the molecule is O=C(CCn1cnc2ccccc2c1=O)NC1CCc2n[nH]c(=O)cc2C1. The van der Waals surface area contributed by atoms with Gasteiger partial charge in [0.15, 0.2) is 0 Å². The van der Waals surface area contributed by atoms with Gasteiger partial charge in [0.25, 0.3) is 11.1 Å². The van der Waals surface area contributed by atoms with Crippen molar-refractivity contribution in [3.05, 3.63) is 68.6 Å². The van der Waals surface area contributed by atoms with Crippen LogP contribution in [0.3, 0.4) is 0 Å². The summed E-state index contributed by atoms with van der Waals surface area (Å²) < 4.78 is 1.46. The second-order valence-electron chi connectivity index (χ2n) is 6.72. The van der Waals surface area contributed by atoms with Crippen LogP contribution in [0.4, 0.5) is 0 Å². The minimum Gasteiger partial charge on any atom is -0.353 e. The Morgan fingerprint density at radius 2 is 2.15 bits per heavy atom. The number of rotatable bonds is 4. The number of nitrogens with one attached hydrogen (secondary N) is 2. The molecule has 1 aliphatic carbocycles. The molecule has 1 unspecified atom stereocenters. The van der Waals surface area contributed by atoms with E-state index < -0.39 is 0 Å². The molecule has 0 radical (unpaired) electrons. The van der Waals surface area contributed by atoms with Gasteiger partial charge in [-0.2, -0.15) is 5.10 Å². The first-order valence-corrected chi connectivity index (χ1v) is 8.91. The van der Waals surface area contributed by atoms with Gasteiger partial charge in [0.1, 0.15) is 0 Å². The largest absolute Gasteiger partial charge is 0.353 e. The van der Waals surface area contributed by atoms with Crippen molar-refractivity contribution in [3.63, 3.8) is 0 Å². The summed E-state index contributed by atoms with van der Waals surface area (Å²) in [5.41, 5.74) is 2.03. The Morgan fingerprint density at radius 3 is 3.04 bits per heavy atom. The maximum atomic E-state index is 12.5. The first-order valence-electron chi connectivity index (χ1n) is 8.91. The van der Waals surface area contributed by atoms with Crippen LogP contribution in [0.2, 0.25) is 0 Å². The van der Waals surface area contributed by atoms with Crippen molar-refractivity contribution < 1.29 is 4.79 Å². The lowest BCUT2D eigenvalue weighted by Crippen LogP contribution is -2.40. The van der Waals surface area contributed by atoms with Crippen molar-refractivity contribution in [3.8, 4) is 0 Å². The topological polar surface area (TPSA) is 110 Å². The summed E-state index contributed by atoms with van der Waals surface area (Å²) in [7, 11) is 0. The van der Waals surface area contributed by atoms with Crippen LogP contribution in [0.1, 0.15) is 24.1 Å². The van der Waals surface area contributed by atoms with Crippen LogP contribution in [-0.4, -0.2) is 31.7 Å². The highest BCUT2D eigenvalue weighted by Crippen LogP contribution is 2.17. The molecule has 0 aliphatic heterocycles. The van der Waals surface area contributed by atoms with E-state index in [9.17, 15) is 14.4 Å². The molecule has 2 heterocycles. The summed E-state index contributed by atoms with van der Waals surface area (Å²) in [5.74, 6) is -0.124. The van der Waals surface area contributed by atoms with Crippen LogP contribution in [0.25, 0.3) is 10.9 Å². The lowest BCUT2D eigenvalue weighted by molar-refractivity contribution is -0.122. The van der Waals surface area contributed by atoms with Gasteiger partial charge in [-0.05, 0) is 37.0 Å². The van der Waals surface area contributed by atoms with E-state index in [0.717, 1.165) is 17.7 Å². The van der Waals surface area contributed by atoms with E-state index >= 15 is 0 Å². The van der Waals surface area contributed by atoms with Crippen LogP contribution in [0, 0.1) is 0 Å². The molecule has 2 aromatic heterocycles. The van der Waals surface area contributed by atoms with Crippen LogP contribution >= 0.6 is 0 Å². The fourth-order valence-electron chi connectivity index (χ4n) is 3.45. The van der Waals surface area contributed by atoms with Gasteiger partial charge in [-0.15, -0.1) is 0 Å². The van der Waals surface area contributed by atoms with Crippen molar-refractivity contribution in [2.75, 3.05) is 0 Å². The Kier molecular flexibility index (Phi) is 4.53. The second kappa shape index (κ2) is 7.14. The predicted molar refractivity (Wildman–Crippen MR) is 99.4 cm³/mol. The number of aromatic nitrogens is 4. The molecule has 8 heteroatoms. The van der Waals surface area contributed by atoms with Gasteiger partial charge in [-0.25, -0.2) is 10.1 Å². The highest BCUT2D eigenvalue weighted by Gasteiger charge is 2.21. The molecule has 0 fully saturated rings. The molecule has 1 aliphatic rings. The number of nitrogens with zero attached hydrogens (tertiary/aromatic N) is 3. The van der Waals surface area contributed by atoms with Crippen molar-refractivity contribution in [1.29, 1.82) is 0 Å². The van der Waals surface area contributed by atoms with E-state index in [2.05, 4.69) is 20.5 Å². The van der Waals surface area contributed by atoms with Crippen LogP contribution in [0.15, 0.2) is 46.2 Å². The number of hydrogen-bond acceptors (Lipinski definition) is 5. The van der Waals surface area contributed by atoms with Gasteiger partial charge >= 0.3 is 0 Å². The molecular weight excluding hydrogens is 346 g/mol. The average Bonchev–Trinajstić information content (AvgIpc) is 2.67. The number of hydrogen-bond donors (Lipinski definition) is 2. The van der Waals surface area contributed by atoms with Gasteiger partial charge in [0.05, 0.1) is 22.9 Å². The number of H-pyrrole nitrogens is 1. The van der Waals surface area contributed by atoms with E-state index in [-0.39, 0.29) is 36.0 Å². The van der Waals surface area contributed by atoms with E-state index in [1.165, 1.54) is 10.9 Å². The fraction of sp³-hybridized carbons (Fsp3) is 0.316. The third-order valence-electron chi connectivity index (χ3n) is 4.85. The quantitative estimate of drug-likeness (QED) is 0.701. The standard InChI is InChI=1S/C19H19N5O3/c25-17(21-13-5-6-15-12(9-13)10-18(26)23-22-15)7-8-24-11-20-16-4-2-1-3-14(16)19(24)27/h1-4,10-11,13H,5-9H2,(H,21,25)(H,23,26). The second-order valence-corrected chi connectivity index (χ2v) is 6.72. The molecular formula is C19H19N5O3. The number of benzene rings is 1. The predicted octanol–water partition coefficient (Wildman–Crippen LogP) is 0.544. The van der Waals surface area contributed by atoms with Gasteiger partial charge in [0, 0.05) is 25.1 Å². The first-order chi connectivity index (χ1) is 13.1. The minimum absolute atomic E-state index is 0.0277. The summed E-state index contributed by atoms with van der Waals surface area (Å²) in [4.78, 5) is 40.4. The zero-order valence-corrected chi connectivity index (χ0v) is 14.6. The molecule has 8 nitrogen and oxygen atoms in total. The Hall–Kier alpha value is -3.29. The lowest BCUT2D eigenvalue weighted by atomic mass is 9.92. The molecule has 0 bridgehead atoms. The first kappa shape index (κ1) is 17.1. The number of aryl methyl sites for hydroxylation is 2. The summed E-state index contributed by atoms with van der Waals surface area (Å²) in [6.07, 6.45) is 3.75. The highest BCUT2D eigenvalue weighted by atomic mass is 16.2. The summed E-state index contributed by atoms with van der Waals surface area (Å²) in [6.45, 7) is 0.271. The van der Waals surface area contributed by atoms with E-state index in [1.807, 2.05) is 6.07 Å². The van der Waals surface area contributed by atoms with Gasteiger partial charge in [0.2, 0.25) is 5.91 Å². The molecule has 0 saturated carbocycles. The lowest BCUT2D eigenvalue weighted by Gasteiger charge is -2.24. The number of carbonyl (C=O) groups is 1. The maximum Gasteiger partial charge on any atom is 0.264 e. The van der Waals surface area contributed by atoms with Gasteiger partial charge < -0.3 is 5.32 Å². The molecule has 2 N–H and O–H groups in total. The van der Waals surface area contributed by atoms with Crippen molar-refractivity contribution in [2.24, 2.45) is 0 Å². The molecule has 1 atom stereocenters. The number of aromatic amines is 1. The molecule has 0 saturated heterocycles.